The topological polar surface area (TPSA) is 55.8 Å². The Morgan fingerprint density at radius 2 is 1.75 bits per heavy atom. The zero-order valence-corrected chi connectivity index (χ0v) is 21.4. The molecule has 1 saturated carbocycles. The fourth-order valence-corrected chi connectivity index (χ4v) is 5.83. The average molecular weight is 500 g/mol. The van der Waals surface area contributed by atoms with Crippen LogP contribution in [0.1, 0.15) is 58.4 Å². The number of halogens is 2. The molecule has 1 heterocycles. The number of hydrogen-bond donors (Lipinski definition) is 0. The van der Waals surface area contributed by atoms with Gasteiger partial charge >= 0.3 is 11.9 Å². The van der Waals surface area contributed by atoms with Crippen molar-refractivity contribution in [1.29, 1.82) is 0 Å². The molecule has 1 unspecified atom stereocenters. The van der Waals surface area contributed by atoms with E-state index in [0.717, 1.165) is 24.2 Å². The molecule has 0 spiro atoms. The molecule has 1 saturated heterocycles. The molecule has 2 fully saturated rings. The molecule has 1 amide bonds. The molecule has 2 aliphatic rings. The summed E-state index contributed by atoms with van der Waals surface area (Å²) in [5.74, 6) is -4.31. The van der Waals surface area contributed by atoms with Gasteiger partial charge in [0.15, 0.2) is 0 Å². The molecule has 4 atom stereocenters. The van der Waals surface area contributed by atoms with Crippen LogP contribution in [-0.4, -0.2) is 37.1 Å². The normalized spacial score (nSPS) is 26.1. The molecule has 0 radical (unpaired) electrons. The maximum atomic E-state index is 14.5. The van der Waals surface area contributed by atoms with Crippen molar-refractivity contribution in [3.8, 4) is 5.75 Å². The number of esters is 1. The highest BCUT2D eigenvalue weighted by atomic mass is 19.3. The minimum absolute atomic E-state index is 0.101. The van der Waals surface area contributed by atoms with Gasteiger partial charge in [0.1, 0.15) is 11.9 Å². The number of anilines is 1. The van der Waals surface area contributed by atoms with Crippen LogP contribution in [-0.2, 0) is 19.7 Å². The Hall–Kier alpha value is -2.96. The van der Waals surface area contributed by atoms with Gasteiger partial charge in [0.05, 0.1) is 19.6 Å². The van der Waals surface area contributed by atoms with Crippen molar-refractivity contribution in [2.75, 3.05) is 12.0 Å². The van der Waals surface area contributed by atoms with Gasteiger partial charge in [-0.3, -0.25) is 9.59 Å². The highest BCUT2D eigenvalue weighted by Gasteiger charge is 2.54. The Morgan fingerprint density at radius 1 is 1.08 bits per heavy atom. The molecule has 194 valence electrons. The van der Waals surface area contributed by atoms with E-state index in [-0.39, 0.29) is 23.9 Å². The molecule has 7 heteroatoms. The Bertz CT molecular complexity index is 1070. The van der Waals surface area contributed by atoms with Gasteiger partial charge in [-0.2, -0.15) is 8.78 Å². The molecule has 5 nitrogen and oxygen atoms in total. The molecule has 0 aromatic heterocycles. The van der Waals surface area contributed by atoms with E-state index >= 15 is 0 Å². The second kappa shape index (κ2) is 10.2. The number of rotatable bonds is 7. The van der Waals surface area contributed by atoms with Crippen LogP contribution in [0.2, 0.25) is 0 Å². The van der Waals surface area contributed by atoms with Gasteiger partial charge in [-0.15, -0.1) is 0 Å². The quantitative estimate of drug-likeness (QED) is 0.429. The number of methoxy groups -OCH3 is 1. The van der Waals surface area contributed by atoms with Crippen LogP contribution < -0.4 is 9.64 Å². The number of ether oxygens (including phenoxy) is 2. The van der Waals surface area contributed by atoms with E-state index in [9.17, 15) is 18.4 Å². The third-order valence-corrected chi connectivity index (χ3v) is 7.92. The maximum Gasteiger partial charge on any atom is 0.327 e. The van der Waals surface area contributed by atoms with Crippen LogP contribution in [0.15, 0.2) is 54.6 Å². The largest absolute Gasteiger partial charge is 0.497 e. The third kappa shape index (κ3) is 5.25. The lowest BCUT2D eigenvalue weighted by Gasteiger charge is -2.44. The smallest absolute Gasteiger partial charge is 0.327 e. The summed E-state index contributed by atoms with van der Waals surface area (Å²) < 4.78 is 40.1. The number of amides is 1. The summed E-state index contributed by atoms with van der Waals surface area (Å²) in [6.45, 7) is 6.49. The molecule has 0 bridgehead atoms. The van der Waals surface area contributed by atoms with Gasteiger partial charge in [0.2, 0.25) is 0 Å². The molecular weight excluding hydrogens is 464 g/mol. The highest BCUT2D eigenvalue weighted by molar-refractivity contribution is 6.02. The zero-order valence-electron chi connectivity index (χ0n) is 21.4. The summed E-state index contributed by atoms with van der Waals surface area (Å²) in [5, 5.41) is 0. The van der Waals surface area contributed by atoms with E-state index in [1.165, 1.54) is 12.7 Å². The first kappa shape index (κ1) is 26.1. The standard InChI is InChI=1S/C29H35F2NO4/c1-19-10-15-24(28(2,3)20-8-6-5-7-9-20)25(16-19)36-26(33)17-22-18-29(30,31)27(34)32(22)21-11-13-23(35-4)14-12-21/h5-9,11-14,19,22,24-25H,10,15-18H2,1-4H3/t19-,22?,24-,25-/m1/s1. The van der Waals surface area contributed by atoms with E-state index in [4.69, 9.17) is 9.47 Å². The predicted molar refractivity (Wildman–Crippen MR) is 134 cm³/mol. The van der Waals surface area contributed by atoms with Crippen LogP contribution in [0, 0.1) is 11.8 Å². The van der Waals surface area contributed by atoms with Crippen molar-refractivity contribution < 1.29 is 27.8 Å². The number of hydrogen-bond acceptors (Lipinski definition) is 4. The first-order valence-electron chi connectivity index (χ1n) is 12.6. The van der Waals surface area contributed by atoms with E-state index in [1.54, 1.807) is 24.3 Å². The molecular formula is C29H35F2NO4. The van der Waals surface area contributed by atoms with Gasteiger partial charge in [-0.25, -0.2) is 0 Å². The lowest BCUT2D eigenvalue weighted by atomic mass is 9.64. The van der Waals surface area contributed by atoms with Crippen LogP contribution in [0.3, 0.4) is 0 Å². The van der Waals surface area contributed by atoms with Gasteiger partial charge in [0.25, 0.3) is 5.91 Å². The van der Waals surface area contributed by atoms with Crippen LogP contribution in [0.4, 0.5) is 14.5 Å². The molecule has 36 heavy (non-hydrogen) atoms. The first-order valence-corrected chi connectivity index (χ1v) is 12.6. The minimum atomic E-state index is -3.53. The monoisotopic (exact) mass is 499 g/mol. The Balaban J connectivity index is 1.52. The fourth-order valence-electron chi connectivity index (χ4n) is 5.83. The molecule has 2 aromatic carbocycles. The van der Waals surface area contributed by atoms with Crippen molar-refractivity contribution in [3.05, 3.63) is 60.2 Å². The lowest BCUT2D eigenvalue weighted by molar-refractivity contribution is -0.157. The van der Waals surface area contributed by atoms with Crippen molar-refractivity contribution in [2.24, 2.45) is 11.8 Å². The predicted octanol–water partition coefficient (Wildman–Crippen LogP) is 6.15. The third-order valence-electron chi connectivity index (χ3n) is 7.92. The number of benzene rings is 2. The maximum absolute atomic E-state index is 14.5. The summed E-state index contributed by atoms with van der Waals surface area (Å²) >= 11 is 0. The molecule has 2 aromatic rings. The molecule has 1 aliphatic heterocycles. The van der Waals surface area contributed by atoms with E-state index in [0.29, 0.717) is 17.4 Å². The highest BCUT2D eigenvalue weighted by Crippen LogP contribution is 2.44. The van der Waals surface area contributed by atoms with Gasteiger partial charge in [-0.1, -0.05) is 57.5 Å². The van der Waals surface area contributed by atoms with Crippen molar-refractivity contribution in [3.63, 3.8) is 0 Å². The van der Waals surface area contributed by atoms with Crippen LogP contribution in [0.5, 0.6) is 5.75 Å². The minimum Gasteiger partial charge on any atom is -0.497 e. The first-order chi connectivity index (χ1) is 17.0. The van der Waals surface area contributed by atoms with Crippen molar-refractivity contribution >= 4 is 17.6 Å². The number of alkyl halides is 2. The van der Waals surface area contributed by atoms with E-state index in [1.807, 2.05) is 18.2 Å². The second-order valence-electron chi connectivity index (χ2n) is 10.8. The van der Waals surface area contributed by atoms with E-state index < -0.39 is 30.3 Å². The molecule has 4 rings (SSSR count). The van der Waals surface area contributed by atoms with Gasteiger partial charge < -0.3 is 14.4 Å². The lowest BCUT2D eigenvalue weighted by Crippen LogP contribution is -2.44. The molecule has 1 aliphatic carbocycles. The van der Waals surface area contributed by atoms with Crippen molar-refractivity contribution in [1.82, 2.24) is 0 Å². The number of nitrogens with zero attached hydrogens (tertiary/aromatic N) is 1. The summed E-state index contributed by atoms with van der Waals surface area (Å²) in [7, 11) is 1.50. The number of carbonyl (C=O) groups excluding carboxylic acids is 2. The Morgan fingerprint density at radius 3 is 2.39 bits per heavy atom. The summed E-state index contributed by atoms with van der Waals surface area (Å²) in [6.07, 6.45) is 1.38. The SMILES string of the molecule is COc1ccc(N2C(=O)C(F)(F)CC2CC(=O)O[C@@H]2C[C@H](C)CC[C@H]2C(C)(C)c2ccccc2)cc1. The summed E-state index contributed by atoms with van der Waals surface area (Å²) in [4.78, 5) is 26.7. The molecule has 0 N–H and O–H groups in total. The average Bonchev–Trinajstić information content (AvgIpc) is 3.06. The van der Waals surface area contributed by atoms with Crippen LogP contribution in [0.25, 0.3) is 0 Å². The van der Waals surface area contributed by atoms with Crippen LogP contribution >= 0.6 is 0 Å². The summed E-state index contributed by atoms with van der Waals surface area (Å²) in [5.41, 5.74) is 1.26. The van der Waals surface area contributed by atoms with Crippen molar-refractivity contribution in [2.45, 2.75) is 76.4 Å². The Kier molecular flexibility index (Phi) is 7.39. The summed E-state index contributed by atoms with van der Waals surface area (Å²) in [6, 6.07) is 15.5. The van der Waals surface area contributed by atoms with Gasteiger partial charge in [-0.05, 0) is 54.0 Å². The fraction of sp³-hybridized carbons (Fsp3) is 0.517. The van der Waals surface area contributed by atoms with E-state index in [2.05, 4.69) is 32.9 Å². The Labute approximate surface area is 211 Å². The van der Waals surface area contributed by atoms with Gasteiger partial charge in [0, 0.05) is 18.0 Å². The number of carbonyl (C=O) groups is 2. The zero-order chi connectivity index (χ0) is 26.1. The second-order valence-corrected chi connectivity index (χ2v) is 10.8.